The molecular weight excluding hydrogens is 284 g/mol. The maximum Gasteiger partial charge on any atom is 0.321 e. The third-order valence-corrected chi connectivity index (χ3v) is 3.73. The summed E-state index contributed by atoms with van der Waals surface area (Å²) in [4.78, 5) is 16.7. The molecule has 102 valence electrons. The number of nitrogens with zero attached hydrogens (tertiary/aromatic N) is 2. The average Bonchev–Trinajstić information content (AvgIpc) is 2.97. The third kappa shape index (κ3) is 4.27. The standard InChI is InChI=1S/C11H14N4O2S2/c1-7(16)4-5-12-10(17)14-11-13-9(15-19-11)8-3-2-6-18-8/h2-3,6-7,16H,4-5H2,1H3,(H2,12,13,14,15,17)/t7-/m0/s1. The Labute approximate surface area is 118 Å². The molecule has 0 aromatic carbocycles. The van der Waals surface area contributed by atoms with E-state index in [-0.39, 0.29) is 6.03 Å². The number of rotatable bonds is 5. The molecule has 0 bridgehead atoms. The molecule has 19 heavy (non-hydrogen) atoms. The summed E-state index contributed by atoms with van der Waals surface area (Å²) in [6.45, 7) is 2.09. The van der Waals surface area contributed by atoms with Gasteiger partial charge in [-0.25, -0.2) is 4.79 Å². The van der Waals surface area contributed by atoms with Crippen molar-refractivity contribution in [2.24, 2.45) is 0 Å². The lowest BCUT2D eigenvalue weighted by atomic mass is 10.3. The van der Waals surface area contributed by atoms with Gasteiger partial charge in [0.2, 0.25) is 5.13 Å². The van der Waals surface area contributed by atoms with Crippen molar-refractivity contribution >= 4 is 34.0 Å². The molecule has 0 aliphatic heterocycles. The number of aliphatic hydroxyl groups excluding tert-OH is 1. The van der Waals surface area contributed by atoms with Crippen LogP contribution in [0.1, 0.15) is 13.3 Å². The molecule has 3 N–H and O–H groups in total. The molecule has 0 unspecified atom stereocenters. The van der Waals surface area contributed by atoms with Crippen LogP contribution >= 0.6 is 22.9 Å². The van der Waals surface area contributed by atoms with E-state index in [2.05, 4.69) is 20.0 Å². The first-order chi connectivity index (χ1) is 9.15. The van der Waals surface area contributed by atoms with Gasteiger partial charge >= 0.3 is 6.03 Å². The number of carbonyl (C=O) groups excluding carboxylic acids is 1. The summed E-state index contributed by atoms with van der Waals surface area (Å²) in [7, 11) is 0. The minimum absolute atomic E-state index is 0.338. The lowest BCUT2D eigenvalue weighted by molar-refractivity contribution is 0.184. The van der Waals surface area contributed by atoms with Crippen LogP contribution in [0.25, 0.3) is 10.7 Å². The number of hydrogen-bond acceptors (Lipinski definition) is 6. The number of hydrogen-bond donors (Lipinski definition) is 3. The zero-order chi connectivity index (χ0) is 13.7. The van der Waals surface area contributed by atoms with Crippen LogP contribution in [0.4, 0.5) is 9.93 Å². The fourth-order valence-electron chi connectivity index (χ4n) is 1.32. The van der Waals surface area contributed by atoms with Crippen LogP contribution in [0.2, 0.25) is 0 Å². The van der Waals surface area contributed by atoms with Crippen LogP contribution in [-0.4, -0.2) is 33.1 Å². The highest BCUT2D eigenvalue weighted by molar-refractivity contribution is 7.14. The molecule has 0 fully saturated rings. The minimum atomic E-state index is -0.424. The summed E-state index contributed by atoms with van der Waals surface area (Å²) in [5.74, 6) is 0.624. The van der Waals surface area contributed by atoms with Gasteiger partial charge in [0.15, 0.2) is 5.82 Å². The molecule has 0 spiro atoms. The van der Waals surface area contributed by atoms with E-state index >= 15 is 0 Å². The maximum atomic E-state index is 11.5. The average molecular weight is 298 g/mol. The predicted octanol–water partition coefficient (Wildman–Crippen LogP) is 2.16. The van der Waals surface area contributed by atoms with Gasteiger partial charge in [-0.1, -0.05) is 6.07 Å². The highest BCUT2D eigenvalue weighted by Gasteiger charge is 2.09. The van der Waals surface area contributed by atoms with Gasteiger partial charge in [-0.2, -0.15) is 9.36 Å². The van der Waals surface area contributed by atoms with E-state index in [4.69, 9.17) is 5.11 Å². The van der Waals surface area contributed by atoms with E-state index in [9.17, 15) is 4.79 Å². The topological polar surface area (TPSA) is 87.1 Å². The van der Waals surface area contributed by atoms with Gasteiger partial charge in [0.05, 0.1) is 11.0 Å². The van der Waals surface area contributed by atoms with Crippen molar-refractivity contribution in [3.63, 3.8) is 0 Å². The van der Waals surface area contributed by atoms with Gasteiger partial charge in [0.1, 0.15) is 0 Å². The monoisotopic (exact) mass is 298 g/mol. The number of amides is 2. The number of carbonyl (C=O) groups is 1. The van der Waals surface area contributed by atoms with Gasteiger partial charge in [-0.05, 0) is 24.8 Å². The van der Waals surface area contributed by atoms with Crippen LogP contribution in [0.3, 0.4) is 0 Å². The van der Waals surface area contributed by atoms with Crippen molar-refractivity contribution in [3.8, 4) is 10.7 Å². The van der Waals surface area contributed by atoms with Crippen molar-refractivity contribution < 1.29 is 9.90 Å². The third-order valence-electron chi connectivity index (χ3n) is 2.24. The first kappa shape index (κ1) is 13.9. The van der Waals surface area contributed by atoms with E-state index in [1.165, 1.54) is 0 Å². The van der Waals surface area contributed by atoms with E-state index in [0.717, 1.165) is 16.4 Å². The number of aliphatic hydroxyl groups is 1. The van der Waals surface area contributed by atoms with Crippen LogP contribution in [0.15, 0.2) is 17.5 Å². The quantitative estimate of drug-likeness (QED) is 0.789. The Balaban J connectivity index is 1.84. The fourth-order valence-corrected chi connectivity index (χ4v) is 2.61. The van der Waals surface area contributed by atoms with Crippen molar-refractivity contribution in [1.82, 2.24) is 14.7 Å². The molecule has 2 aromatic heterocycles. The van der Waals surface area contributed by atoms with Crippen LogP contribution in [-0.2, 0) is 0 Å². The van der Waals surface area contributed by atoms with E-state index in [1.807, 2.05) is 17.5 Å². The first-order valence-corrected chi connectivity index (χ1v) is 7.41. The molecule has 0 aliphatic carbocycles. The summed E-state index contributed by atoms with van der Waals surface area (Å²) in [5, 5.41) is 16.7. The Kier molecular flexibility index (Phi) is 4.83. The Bertz CT molecular complexity index is 525. The second-order valence-corrected chi connectivity index (χ2v) is 5.62. The normalized spacial score (nSPS) is 12.1. The molecule has 2 rings (SSSR count). The Morgan fingerprint density at radius 1 is 1.58 bits per heavy atom. The molecule has 8 heteroatoms. The molecular formula is C11H14N4O2S2. The lowest BCUT2D eigenvalue weighted by Gasteiger charge is -2.06. The minimum Gasteiger partial charge on any atom is -0.393 e. The Morgan fingerprint density at radius 3 is 3.11 bits per heavy atom. The van der Waals surface area contributed by atoms with Crippen molar-refractivity contribution in [2.45, 2.75) is 19.4 Å². The lowest BCUT2D eigenvalue weighted by Crippen LogP contribution is -2.30. The van der Waals surface area contributed by atoms with Gasteiger partial charge in [0.25, 0.3) is 0 Å². The van der Waals surface area contributed by atoms with Crippen molar-refractivity contribution in [2.75, 3.05) is 11.9 Å². The molecule has 2 amide bonds. The smallest absolute Gasteiger partial charge is 0.321 e. The Hall–Kier alpha value is -1.51. The molecule has 2 heterocycles. The number of nitrogens with one attached hydrogen (secondary N) is 2. The summed E-state index contributed by atoms with van der Waals surface area (Å²) in [6.07, 6.45) is 0.0940. The second kappa shape index (κ2) is 6.60. The van der Waals surface area contributed by atoms with Gasteiger partial charge in [-0.3, -0.25) is 5.32 Å². The zero-order valence-electron chi connectivity index (χ0n) is 10.3. The predicted molar refractivity (Wildman–Crippen MR) is 76.5 cm³/mol. The number of aromatic nitrogens is 2. The number of urea groups is 1. The summed E-state index contributed by atoms with van der Waals surface area (Å²) >= 11 is 2.69. The maximum absolute atomic E-state index is 11.5. The summed E-state index contributed by atoms with van der Waals surface area (Å²) < 4.78 is 4.18. The molecule has 0 radical (unpaired) electrons. The molecule has 6 nitrogen and oxygen atoms in total. The fraction of sp³-hybridized carbons (Fsp3) is 0.364. The van der Waals surface area contributed by atoms with Crippen LogP contribution in [0.5, 0.6) is 0 Å². The zero-order valence-corrected chi connectivity index (χ0v) is 11.9. The van der Waals surface area contributed by atoms with Crippen molar-refractivity contribution in [3.05, 3.63) is 17.5 Å². The number of anilines is 1. The first-order valence-electron chi connectivity index (χ1n) is 5.75. The van der Waals surface area contributed by atoms with Crippen molar-refractivity contribution in [1.29, 1.82) is 0 Å². The second-order valence-electron chi connectivity index (χ2n) is 3.92. The SMILES string of the molecule is C[C@H](O)CCNC(=O)Nc1nc(-c2cccs2)ns1. The van der Waals surface area contributed by atoms with Gasteiger partial charge < -0.3 is 10.4 Å². The summed E-state index contributed by atoms with van der Waals surface area (Å²) in [5.41, 5.74) is 0. The van der Waals surface area contributed by atoms with Gasteiger partial charge in [0, 0.05) is 18.1 Å². The summed E-state index contributed by atoms with van der Waals surface area (Å²) in [6, 6.07) is 3.52. The molecule has 0 saturated carbocycles. The van der Waals surface area contributed by atoms with Crippen LogP contribution < -0.4 is 10.6 Å². The molecule has 1 atom stereocenters. The van der Waals surface area contributed by atoms with Gasteiger partial charge in [-0.15, -0.1) is 11.3 Å². The van der Waals surface area contributed by atoms with E-state index < -0.39 is 6.10 Å². The highest BCUT2D eigenvalue weighted by Crippen LogP contribution is 2.24. The van der Waals surface area contributed by atoms with E-state index in [1.54, 1.807) is 18.3 Å². The highest BCUT2D eigenvalue weighted by atomic mass is 32.1. The molecule has 0 aliphatic rings. The van der Waals surface area contributed by atoms with E-state index in [0.29, 0.717) is 23.9 Å². The largest absolute Gasteiger partial charge is 0.393 e. The molecule has 0 saturated heterocycles. The van der Waals surface area contributed by atoms with Crippen LogP contribution in [0, 0.1) is 0 Å². The Morgan fingerprint density at radius 2 is 2.42 bits per heavy atom. The number of thiophene rings is 1. The molecule has 2 aromatic rings.